The van der Waals surface area contributed by atoms with Gasteiger partial charge in [-0.3, -0.25) is 4.79 Å². The molecule has 1 amide bonds. The summed E-state index contributed by atoms with van der Waals surface area (Å²) in [4.78, 5) is 15.3. The van der Waals surface area contributed by atoms with E-state index in [0.717, 1.165) is 22.8 Å². The van der Waals surface area contributed by atoms with Crippen molar-refractivity contribution in [3.63, 3.8) is 0 Å². The maximum atomic E-state index is 14.1. The summed E-state index contributed by atoms with van der Waals surface area (Å²) in [5, 5.41) is 29.0. The zero-order chi connectivity index (χ0) is 26.5. The first-order chi connectivity index (χ1) is 17.5. The predicted octanol–water partition coefficient (Wildman–Crippen LogP) is 6.06. The Morgan fingerprint density at radius 1 is 1.00 bits per heavy atom. The highest BCUT2D eigenvalue weighted by Crippen LogP contribution is 2.38. The average Bonchev–Trinajstić information content (AvgIpc) is 3.44. The lowest BCUT2D eigenvalue weighted by Crippen LogP contribution is -2.27. The number of fused-ring (bicyclic) bond motifs is 1. The van der Waals surface area contributed by atoms with E-state index in [-0.39, 0.29) is 34.5 Å². The number of aromatic nitrogens is 2. The van der Waals surface area contributed by atoms with Crippen molar-refractivity contribution >= 4 is 17.4 Å². The van der Waals surface area contributed by atoms with Crippen molar-refractivity contribution in [1.29, 1.82) is 0 Å². The van der Waals surface area contributed by atoms with Gasteiger partial charge in [-0.2, -0.15) is 5.10 Å². The van der Waals surface area contributed by atoms with Crippen molar-refractivity contribution < 1.29 is 19.4 Å². The number of anilines is 2. The number of aromatic hydroxyl groups is 2. The van der Waals surface area contributed by atoms with Crippen LogP contribution in [0.25, 0.3) is 11.3 Å². The number of nitrogens with zero attached hydrogens (tertiary/aromatic N) is 3. The molecule has 37 heavy (non-hydrogen) atoms. The molecule has 1 aliphatic rings. The molecular formula is C29H29FN4O3. The van der Waals surface area contributed by atoms with Crippen LogP contribution in [-0.4, -0.2) is 30.8 Å². The molecule has 3 aromatic carbocycles. The summed E-state index contributed by atoms with van der Waals surface area (Å²) in [6.45, 7) is 8.66. The van der Waals surface area contributed by atoms with Crippen molar-refractivity contribution in [2.75, 3.05) is 5.32 Å². The highest BCUT2D eigenvalue weighted by molar-refractivity contribution is 6.03. The van der Waals surface area contributed by atoms with Gasteiger partial charge in [0.2, 0.25) is 0 Å². The normalized spacial score (nSPS) is 13.1. The monoisotopic (exact) mass is 500 g/mol. The van der Waals surface area contributed by atoms with Gasteiger partial charge in [-0.1, -0.05) is 30.3 Å². The minimum Gasteiger partial charge on any atom is -0.508 e. The van der Waals surface area contributed by atoms with Crippen LogP contribution < -0.4 is 5.32 Å². The van der Waals surface area contributed by atoms with Gasteiger partial charge in [-0.05, 0) is 56.5 Å². The Bertz CT molecular complexity index is 1500. The molecule has 0 fully saturated rings. The first-order valence-electron chi connectivity index (χ1n) is 12.1. The summed E-state index contributed by atoms with van der Waals surface area (Å²) < 4.78 is 15.8. The number of benzene rings is 3. The topological polar surface area (TPSA) is 90.6 Å². The van der Waals surface area contributed by atoms with Gasteiger partial charge in [0.25, 0.3) is 5.91 Å². The lowest BCUT2D eigenvalue weighted by molar-refractivity contribution is 0.0749. The molecule has 0 unspecified atom stereocenters. The quantitative estimate of drug-likeness (QED) is 0.317. The van der Waals surface area contributed by atoms with Gasteiger partial charge in [0.15, 0.2) is 0 Å². The maximum Gasteiger partial charge on any atom is 0.260 e. The molecule has 0 aliphatic carbocycles. The van der Waals surface area contributed by atoms with Gasteiger partial charge in [-0.25, -0.2) is 9.07 Å². The zero-order valence-electron chi connectivity index (χ0n) is 21.2. The number of amides is 1. The van der Waals surface area contributed by atoms with E-state index >= 15 is 0 Å². The Hall–Kier alpha value is -4.33. The van der Waals surface area contributed by atoms with E-state index in [1.165, 1.54) is 18.2 Å². The smallest absolute Gasteiger partial charge is 0.260 e. The number of rotatable bonds is 4. The van der Waals surface area contributed by atoms with Gasteiger partial charge >= 0.3 is 0 Å². The third-order valence-corrected chi connectivity index (χ3v) is 6.53. The van der Waals surface area contributed by atoms with E-state index in [1.807, 2.05) is 52.0 Å². The second-order valence-corrected chi connectivity index (χ2v) is 10.4. The average molecular weight is 501 g/mol. The van der Waals surface area contributed by atoms with Crippen LogP contribution in [0.1, 0.15) is 47.8 Å². The summed E-state index contributed by atoms with van der Waals surface area (Å²) in [6, 6.07) is 16.7. The molecule has 7 nitrogen and oxygen atoms in total. The lowest BCUT2D eigenvalue weighted by Gasteiger charge is -2.24. The first kappa shape index (κ1) is 24.4. The molecule has 190 valence electrons. The van der Waals surface area contributed by atoms with Crippen LogP contribution >= 0.6 is 0 Å². The summed E-state index contributed by atoms with van der Waals surface area (Å²) >= 11 is 0. The first-order valence-corrected chi connectivity index (χ1v) is 12.1. The fourth-order valence-electron chi connectivity index (χ4n) is 4.69. The summed E-state index contributed by atoms with van der Waals surface area (Å²) in [5.74, 6) is -0.720. The minimum atomic E-state index is -0.471. The minimum absolute atomic E-state index is 0.0516. The molecule has 1 aromatic heterocycles. The van der Waals surface area contributed by atoms with Crippen LogP contribution in [0, 0.1) is 12.7 Å². The van der Waals surface area contributed by atoms with Gasteiger partial charge < -0.3 is 20.4 Å². The fraction of sp³-hybridized carbons (Fsp3) is 0.241. The third kappa shape index (κ3) is 4.62. The molecule has 3 N–H and O–H groups in total. The number of halogens is 1. The molecular weight excluding hydrogens is 471 g/mol. The molecule has 5 rings (SSSR count). The second kappa shape index (κ2) is 8.96. The van der Waals surface area contributed by atoms with Crippen molar-refractivity contribution in [3.05, 3.63) is 88.7 Å². The molecule has 0 atom stereocenters. The number of carbonyl (C=O) groups is 1. The van der Waals surface area contributed by atoms with Crippen molar-refractivity contribution in [1.82, 2.24) is 14.7 Å². The summed E-state index contributed by atoms with van der Waals surface area (Å²) in [6.07, 6.45) is 0. The SMILES string of the molecule is Cc1ccc(F)cc1-c1cc(Nc2cc(O)cc(O)c2C(=O)N2Cc3ccccc3C2)n(C(C)(C)C)n1. The Balaban J connectivity index is 1.56. The predicted molar refractivity (Wildman–Crippen MR) is 140 cm³/mol. The molecule has 8 heteroatoms. The van der Waals surface area contributed by atoms with E-state index in [4.69, 9.17) is 5.10 Å². The van der Waals surface area contributed by atoms with Crippen LogP contribution in [0.3, 0.4) is 0 Å². The molecule has 0 spiro atoms. The van der Waals surface area contributed by atoms with Crippen molar-refractivity contribution in [2.45, 2.75) is 46.3 Å². The number of hydrogen-bond donors (Lipinski definition) is 3. The third-order valence-electron chi connectivity index (χ3n) is 6.53. The standard InChI is InChI=1S/C29H29FN4O3/c1-17-9-10-20(30)11-22(17)23-14-26(34(32-23)29(2,3)4)31-24-12-21(35)13-25(36)27(24)28(37)33-15-18-7-5-6-8-19(18)16-33/h5-14,31,35-36H,15-16H2,1-4H3. The van der Waals surface area contributed by atoms with Gasteiger partial charge in [0.05, 0.1) is 16.9 Å². The second-order valence-electron chi connectivity index (χ2n) is 10.4. The van der Waals surface area contributed by atoms with Crippen molar-refractivity contribution in [2.24, 2.45) is 0 Å². The number of nitrogens with one attached hydrogen (secondary N) is 1. The Morgan fingerprint density at radius 2 is 1.68 bits per heavy atom. The Morgan fingerprint density at radius 3 is 2.32 bits per heavy atom. The maximum absolute atomic E-state index is 14.1. The summed E-state index contributed by atoms with van der Waals surface area (Å²) in [5.41, 5.74) is 4.02. The van der Waals surface area contributed by atoms with E-state index in [9.17, 15) is 19.4 Å². The van der Waals surface area contributed by atoms with Crippen LogP contribution in [0.4, 0.5) is 15.9 Å². The number of phenolic OH excluding ortho intramolecular Hbond substituents is 2. The van der Waals surface area contributed by atoms with Gasteiger partial charge in [-0.15, -0.1) is 0 Å². The Labute approximate surface area is 214 Å². The number of aryl methyl sites for hydroxylation is 1. The highest BCUT2D eigenvalue weighted by Gasteiger charge is 2.29. The number of hydrogen-bond acceptors (Lipinski definition) is 5. The van der Waals surface area contributed by atoms with Crippen LogP contribution in [0.5, 0.6) is 11.5 Å². The Kier molecular flexibility index (Phi) is 5.90. The largest absolute Gasteiger partial charge is 0.508 e. The molecule has 2 heterocycles. The van der Waals surface area contributed by atoms with E-state index in [0.29, 0.717) is 30.2 Å². The van der Waals surface area contributed by atoms with Crippen LogP contribution in [0.15, 0.2) is 60.7 Å². The highest BCUT2D eigenvalue weighted by atomic mass is 19.1. The molecule has 4 aromatic rings. The fourth-order valence-corrected chi connectivity index (χ4v) is 4.69. The van der Waals surface area contributed by atoms with Gasteiger partial charge in [0.1, 0.15) is 28.7 Å². The zero-order valence-corrected chi connectivity index (χ0v) is 21.2. The van der Waals surface area contributed by atoms with Crippen LogP contribution in [0.2, 0.25) is 0 Å². The molecule has 0 bridgehead atoms. The lowest BCUT2D eigenvalue weighted by atomic mass is 10.1. The number of phenols is 2. The molecule has 0 radical (unpaired) electrons. The number of carbonyl (C=O) groups excluding carboxylic acids is 1. The van der Waals surface area contributed by atoms with Gasteiger partial charge in [0, 0.05) is 36.9 Å². The van der Waals surface area contributed by atoms with Crippen LogP contribution in [-0.2, 0) is 18.6 Å². The molecule has 0 saturated heterocycles. The summed E-state index contributed by atoms with van der Waals surface area (Å²) in [7, 11) is 0. The molecule has 0 saturated carbocycles. The van der Waals surface area contributed by atoms with Crippen molar-refractivity contribution in [3.8, 4) is 22.8 Å². The van der Waals surface area contributed by atoms with E-state index in [2.05, 4.69) is 5.32 Å². The molecule has 1 aliphatic heterocycles. The van der Waals surface area contributed by atoms with E-state index < -0.39 is 5.54 Å². The van der Waals surface area contributed by atoms with E-state index in [1.54, 1.807) is 21.7 Å².